The van der Waals surface area contributed by atoms with Crippen molar-refractivity contribution >= 4 is 23.4 Å². The first-order chi connectivity index (χ1) is 15.3. The summed E-state index contributed by atoms with van der Waals surface area (Å²) in [6.45, 7) is 1.16. The molecule has 1 saturated heterocycles. The van der Waals surface area contributed by atoms with Crippen LogP contribution in [0.2, 0.25) is 0 Å². The fourth-order valence-corrected chi connectivity index (χ4v) is 4.18. The zero-order valence-corrected chi connectivity index (χ0v) is 16.7. The van der Waals surface area contributed by atoms with Crippen LogP contribution in [-0.4, -0.2) is 40.2 Å². The molecule has 2 aliphatic rings. The number of rotatable bonds is 2. The van der Waals surface area contributed by atoms with Crippen LogP contribution < -0.4 is 15.1 Å². The number of urea groups is 1. The lowest BCUT2D eigenvalue weighted by molar-refractivity contribution is -0.137. The summed E-state index contributed by atoms with van der Waals surface area (Å²) >= 11 is 0. The lowest BCUT2D eigenvalue weighted by Crippen LogP contribution is -2.48. The van der Waals surface area contributed by atoms with Crippen LogP contribution in [0.4, 0.5) is 35.3 Å². The Labute approximate surface area is 181 Å². The highest BCUT2D eigenvalue weighted by Crippen LogP contribution is 2.46. The van der Waals surface area contributed by atoms with E-state index in [1.165, 1.54) is 23.1 Å². The highest BCUT2D eigenvalue weighted by molar-refractivity contribution is 6.05. The minimum atomic E-state index is -4.51. The number of carbonyl (C=O) groups excluding carboxylic acids is 1. The Kier molecular flexibility index (Phi) is 4.65. The molecule has 0 aliphatic carbocycles. The molecule has 2 bridgehead atoms. The summed E-state index contributed by atoms with van der Waals surface area (Å²) < 4.78 is 39.5. The first-order valence-electron chi connectivity index (χ1n) is 9.99. The van der Waals surface area contributed by atoms with E-state index < -0.39 is 17.8 Å². The van der Waals surface area contributed by atoms with E-state index in [0.29, 0.717) is 31.0 Å². The first-order valence-corrected chi connectivity index (χ1v) is 9.99. The molecule has 10 heteroatoms. The normalized spacial score (nSPS) is 17.3. The molecule has 1 aromatic carbocycles. The van der Waals surface area contributed by atoms with E-state index in [1.54, 1.807) is 24.4 Å². The maximum Gasteiger partial charge on any atom is 0.416 e. The fraction of sp³-hybridized carbons (Fsp3) is 0.227. The van der Waals surface area contributed by atoms with Crippen LogP contribution in [0.15, 0.2) is 54.7 Å². The third-order valence-electron chi connectivity index (χ3n) is 5.63. The van der Waals surface area contributed by atoms with E-state index in [4.69, 9.17) is 0 Å². The molecule has 2 aliphatic heterocycles. The van der Waals surface area contributed by atoms with Gasteiger partial charge in [-0.3, -0.25) is 10.2 Å². The van der Waals surface area contributed by atoms with Gasteiger partial charge in [0.25, 0.3) is 0 Å². The number of halogens is 3. The fourth-order valence-electron chi connectivity index (χ4n) is 4.18. The number of anilines is 3. The minimum Gasteiger partial charge on any atom is -0.506 e. The molecule has 2 aromatic heterocycles. The lowest BCUT2D eigenvalue weighted by atomic mass is 10.1. The largest absolute Gasteiger partial charge is 0.506 e. The molecule has 0 radical (unpaired) electrons. The van der Waals surface area contributed by atoms with Gasteiger partial charge in [-0.2, -0.15) is 13.2 Å². The summed E-state index contributed by atoms with van der Waals surface area (Å²) in [6.07, 6.45) is -2.29. The van der Waals surface area contributed by atoms with Crippen molar-refractivity contribution in [3.05, 3.63) is 60.3 Å². The van der Waals surface area contributed by atoms with Crippen LogP contribution >= 0.6 is 0 Å². The third kappa shape index (κ3) is 3.47. The van der Waals surface area contributed by atoms with E-state index in [9.17, 15) is 23.1 Å². The van der Waals surface area contributed by atoms with Crippen LogP contribution in [0.1, 0.15) is 12.0 Å². The zero-order chi connectivity index (χ0) is 22.5. The summed E-state index contributed by atoms with van der Waals surface area (Å²) in [7, 11) is 0. The number of fused-ring (bicyclic) bond motifs is 4. The Hall–Kier alpha value is -3.82. The first kappa shape index (κ1) is 20.1. The molecule has 0 saturated carbocycles. The third-order valence-corrected chi connectivity index (χ3v) is 5.63. The van der Waals surface area contributed by atoms with Crippen molar-refractivity contribution < 1.29 is 23.1 Å². The maximum absolute atomic E-state index is 13.2. The molecular formula is C22H18F3N5O2. The van der Waals surface area contributed by atoms with E-state index in [1.807, 2.05) is 4.90 Å². The number of amides is 2. The predicted molar refractivity (Wildman–Crippen MR) is 113 cm³/mol. The predicted octanol–water partition coefficient (Wildman–Crippen LogP) is 4.50. The van der Waals surface area contributed by atoms with Crippen LogP contribution in [0, 0.1) is 0 Å². The van der Waals surface area contributed by atoms with Gasteiger partial charge in [-0.25, -0.2) is 14.8 Å². The molecular weight excluding hydrogens is 423 g/mol. The van der Waals surface area contributed by atoms with Gasteiger partial charge in [0.1, 0.15) is 17.3 Å². The number of aromatic hydroxyl groups is 1. The number of alkyl halides is 3. The molecule has 32 heavy (non-hydrogen) atoms. The van der Waals surface area contributed by atoms with E-state index >= 15 is 0 Å². The van der Waals surface area contributed by atoms with Gasteiger partial charge in [-0.15, -0.1) is 0 Å². The van der Waals surface area contributed by atoms with Gasteiger partial charge in [0, 0.05) is 30.9 Å². The van der Waals surface area contributed by atoms with Crippen molar-refractivity contribution in [1.82, 2.24) is 9.97 Å². The van der Waals surface area contributed by atoms with Crippen molar-refractivity contribution in [1.29, 1.82) is 0 Å². The lowest BCUT2D eigenvalue weighted by Gasteiger charge is -2.36. The minimum absolute atomic E-state index is 0.140. The molecule has 0 unspecified atom stereocenters. The molecule has 5 rings (SSSR count). The molecule has 1 fully saturated rings. The molecule has 7 nitrogen and oxygen atoms in total. The second-order valence-electron chi connectivity index (χ2n) is 7.68. The van der Waals surface area contributed by atoms with Crippen molar-refractivity contribution in [3.63, 3.8) is 0 Å². The van der Waals surface area contributed by atoms with Crippen LogP contribution in [0.5, 0.6) is 5.75 Å². The SMILES string of the molecule is O=C(Nc1ccccn1)N1c2nc(-c3cccc(C(F)(F)F)c3)cc(O)c2N2CC[C@H]1C2. The number of pyridine rings is 2. The highest BCUT2D eigenvalue weighted by Gasteiger charge is 2.42. The molecule has 2 N–H and O–H groups in total. The molecule has 3 aromatic rings. The second-order valence-corrected chi connectivity index (χ2v) is 7.68. The quantitative estimate of drug-likeness (QED) is 0.612. The Balaban J connectivity index is 1.58. The standard InChI is InChI=1S/C22H18F3N5O2/c23-22(24,25)14-5-3-4-13(10-14)16-11-17(31)19-20(27-16)30(15-7-9-29(19)12-15)21(32)28-18-6-1-2-8-26-18/h1-6,8,10-11,15H,7,9,12H2,(H,27,31)(H,26,28,32)/t15-/m0/s1. The van der Waals surface area contributed by atoms with Crippen molar-refractivity contribution in [2.24, 2.45) is 0 Å². The van der Waals surface area contributed by atoms with Gasteiger partial charge in [-0.1, -0.05) is 18.2 Å². The highest BCUT2D eigenvalue weighted by atomic mass is 19.4. The molecule has 0 spiro atoms. The monoisotopic (exact) mass is 441 g/mol. The number of nitrogens with one attached hydrogen (secondary N) is 1. The second kappa shape index (κ2) is 7.40. The maximum atomic E-state index is 13.2. The average molecular weight is 441 g/mol. The van der Waals surface area contributed by atoms with E-state index in [0.717, 1.165) is 12.1 Å². The molecule has 4 heterocycles. The van der Waals surface area contributed by atoms with Gasteiger partial charge >= 0.3 is 12.2 Å². The van der Waals surface area contributed by atoms with Gasteiger partial charge in [-0.05, 0) is 30.7 Å². The van der Waals surface area contributed by atoms with E-state index in [2.05, 4.69) is 15.3 Å². The summed E-state index contributed by atoms with van der Waals surface area (Å²) in [6, 6.07) is 10.5. The molecule has 164 valence electrons. The number of aromatic nitrogens is 2. The summed E-state index contributed by atoms with van der Waals surface area (Å²) in [4.78, 5) is 25.2. The number of carbonyl (C=O) groups is 1. The Morgan fingerprint density at radius 3 is 2.75 bits per heavy atom. The van der Waals surface area contributed by atoms with Gasteiger partial charge in [0.15, 0.2) is 5.82 Å². The summed E-state index contributed by atoms with van der Waals surface area (Å²) in [5, 5.41) is 13.5. The number of hydrogen-bond donors (Lipinski definition) is 2. The topological polar surface area (TPSA) is 81.6 Å². The molecule has 2 amide bonds. The Bertz CT molecular complexity index is 1190. The Morgan fingerprint density at radius 1 is 1.16 bits per heavy atom. The Morgan fingerprint density at radius 2 is 2.00 bits per heavy atom. The average Bonchev–Trinajstić information content (AvgIpc) is 3.17. The van der Waals surface area contributed by atoms with Crippen molar-refractivity contribution in [3.8, 4) is 17.0 Å². The van der Waals surface area contributed by atoms with Gasteiger partial charge in [0.2, 0.25) is 0 Å². The van der Waals surface area contributed by atoms with Crippen LogP contribution in [0.25, 0.3) is 11.3 Å². The van der Waals surface area contributed by atoms with Gasteiger partial charge in [0.05, 0.1) is 17.3 Å². The number of nitrogens with zero attached hydrogens (tertiary/aromatic N) is 4. The summed E-state index contributed by atoms with van der Waals surface area (Å²) in [5.41, 5.74) is -0.0883. The van der Waals surface area contributed by atoms with Crippen LogP contribution in [-0.2, 0) is 6.18 Å². The zero-order valence-electron chi connectivity index (χ0n) is 16.7. The smallest absolute Gasteiger partial charge is 0.416 e. The van der Waals surface area contributed by atoms with E-state index in [-0.39, 0.29) is 28.9 Å². The number of benzene rings is 1. The summed E-state index contributed by atoms with van der Waals surface area (Å²) in [5.74, 6) is 0.427. The van der Waals surface area contributed by atoms with Crippen molar-refractivity contribution in [2.75, 3.05) is 28.2 Å². The van der Waals surface area contributed by atoms with Gasteiger partial charge < -0.3 is 10.0 Å². The number of hydrogen-bond acceptors (Lipinski definition) is 5. The van der Waals surface area contributed by atoms with Crippen LogP contribution in [0.3, 0.4) is 0 Å². The molecule has 1 atom stereocenters. The van der Waals surface area contributed by atoms with Crippen molar-refractivity contribution in [2.45, 2.75) is 18.6 Å².